The molecule has 0 aliphatic carbocycles. The summed E-state index contributed by atoms with van der Waals surface area (Å²) in [4.78, 5) is 13.7. The predicted octanol–water partition coefficient (Wildman–Crippen LogP) is 2.57. The van der Waals surface area contributed by atoms with Crippen LogP contribution in [0.2, 0.25) is 0 Å². The van der Waals surface area contributed by atoms with Crippen molar-refractivity contribution >= 4 is 5.91 Å². The van der Waals surface area contributed by atoms with Crippen molar-refractivity contribution in [1.82, 2.24) is 10.2 Å². The Labute approximate surface area is 117 Å². The van der Waals surface area contributed by atoms with Crippen LogP contribution in [-0.2, 0) is 11.3 Å². The molecule has 19 heavy (non-hydrogen) atoms. The highest BCUT2D eigenvalue weighted by Crippen LogP contribution is 2.15. The second-order valence-electron chi connectivity index (χ2n) is 5.05. The van der Waals surface area contributed by atoms with Gasteiger partial charge in [-0.05, 0) is 51.3 Å². The summed E-state index contributed by atoms with van der Waals surface area (Å²) in [7, 11) is 0. The first-order chi connectivity index (χ1) is 8.99. The van der Waals surface area contributed by atoms with Crippen molar-refractivity contribution in [2.45, 2.75) is 41.2 Å². The molecule has 1 amide bonds. The molecule has 0 fully saturated rings. The zero-order valence-corrected chi connectivity index (χ0v) is 12.8. The maximum Gasteiger partial charge on any atom is 0.236 e. The molecule has 0 aliphatic rings. The minimum atomic E-state index is 0.174. The quantitative estimate of drug-likeness (QED) is 0.854. The van der Waals surface area contributed by atoms with Crippen LogP contribution in [0.25, 0.3) is 0 Å². The van der Waals surface area contributed by atoms with Crippen LogP contribution in [0.4, 0.5) is 0 Å². The van der Waals surface area contributed by atoms with Crippen molar-refractivity contribution in [1.29, 1.82) is 0 Å². The number of hydrogen-bond donors (Lipinski definition) is 1. The lowest BCUT2D eigenvalue weighted by Gasteiger charge is -2.19. The van der Waals surface area contributed by atoms with E-state index in [4.69, 9.17) is 0 Å². The van der Waals surface area contributed by atoms with Crippen molar-refractivity contribution in [3.05, 3.63) is 34.4 Å². The number of rotatable bonds is 6. The fourth-order valence-electron chi connectivity index (χ4n) is 2.47. The highest BCUT2D eigenvalue weighted by Gasteiger charge is 2.09. The van der Waals surface area contributed by atoms with Gasteiger partial charge in [0.05, 0.1) is 6.54 Å². The van der Waals surface area contributed by atoms with Gasteiger partial charge in [-0.25, -0.2) is 0 Å². The molecule has 0 saturated heterocycles. The summed E-state index contributed by atoms with van der Waals surface area (Å²) >= 11 is 0. The van der Waals surface area contributed by atoms with Crippen LogP contribution in [-0.4, -0.2) is 30.4 Å². The topological polar surface area (TPSA) is 32.3 Å². The maximum absolute atomic E-state index is 11.9. The number of aryl methyl sites for hydroxylation is 3. The molecule has 0 aliphatic heterocycles. The van der Waals surface area contributed by atoms with E-state index in [2.05, 4.69) is 38.2 Å². The highest BCUT2D eigenvalue weighted by molar-refractivity contribution is 5.78. The fraction of sp³-hybridized carbons (Fsp3) is 0.562. The Hall–Kier alpha value is -1.35. The number of likely N-dealkylation sites (N-methyl/N-ethyl adjacent to an activating group) is 1. The van der Waals surface area contributed by atoms with Crippen LogP contribution < -0.4 is 5.32 Å². The number of carbonyl (C=O) groups is 1. The van der Waals surface area contributed by atoms with Crippen molar-refractivity contribution in [3.8, 4) is 0 Å². The lowest BCUT2D eigenvalue weighted by atomic mass is 10.00. The van der Waals surface area contributed by atoms with Gasteiger partial charge < -0.3 is 10.2 Å². The van der Waals surface area contributed by atoms with E-state index in [9.17, 15) is 4.79 Å². The average Bonchev–Trinajstić information content (AvgIpc) is 2.34. The SMILES string of the molecule is CCN(CC)C(=O)CNCc1c(C)cc(C)cc1C. The molecule has 3 nitrogen and oxygen atoms in total. The normalized spacial score (nSPS) is 10.6. The van der Waals surface area contributed by atoms with Crippen molar-refractivity contribution < 1.29 is 4.79 Å². The summed E-state index contributed by atoms with van der Waals surface area (Å²) in [5, 5.41) is 3.26. The number of nitrogens with zero attached hydrogens (tertiary/aromatic N) is 1. The molecule has 0 spiro atoms. The number of benzene rings is 1. The third kappa shape index (κ3) is 4.35. The molecular weight excluding hydrogens is 236 g/mol. The van der Waals surface area contributed by atoms with Gasteiger partial charge in [0.25, 0.3) is 0 Å². The Bertz CT molecular complexity index is 413. The molecule has 1 rings (SSSR count). The lowest BCUT2D eigenvalue weighted by molar-refractivity contribution is -0.129. The summed E-state index contributed by atoms with van der Waals surface area (Å²) in [5.41, 5.74) is 5.18. The zero-order valence-electron chi connectivity index (χ0n) is 12.8. The minimum absolute atomic E-state index is 0.174. The van der Waals surface area contributed by atoms with E-state index in [1.165, 1.54) is 22.3 Å². The summed E-state index contributed by atoms with van der Waals surface area (Å²) in [6.45, 7) is 13.1. The lowest BCUT2D eigenvalue weighted by Crippen LogP contribution is -2.37. The molecule has 1 aromatic carbocycles. The molecule has 0 radical (unpaired) electrons. The van der Waals surface area contributed by atoms with E-state index in [1.807, 2.05) is 18.7 Å². The highest BCUT2D eigenvalue weighted by atomic mass is 16.2. The van der Waals surface area contributed by atoms with Gasteiger partial charge in [-0.2, -0.15) is 0 Å². The van der Waals surface area contributed by atoms with Gasteiger partial charge in [-0.15, -0.1) is 0 Å². The van der Waals surface area contributed by atoms with E-state index in [1.54, 1.807) is 0 Å². The molecular formula is C16H26N2O. The van der Waals surface area contributed by atoms with E-state index in [-0.39, 0.29) is 5.91 Å². The van der Waals surface area contributed by atoms with Crippen molar-refractivity contribution in [2.75, 3.05) is 19.6 Å². The molecule has 0 unspecified atom stereocenters. The molecule has 3 heteroatoms. The third-order valence-electron chi connectivity index (χ3n) is 3.53. The Kier molecular flexibility index (Phi) is 6.03. The smallest absolute Gasteiger partial charge is 0.236 e. The third-order valence-corrected chi connectivity index (χ3v) is 3.53. The maximum atomic E-state index is 11.9. The minimum Gasteiger partial charge on any atom is -0.342 e. The van der Waals surface area contributed by atoms with Crippen LogP contribution in [0.15, 0.2) is 12.1 Å². The van der Waals surface area contributed by atoms with Crippen molar-refractivity contribution in [3.63, 3.8) is 0 Å². The molecule has 1 N–H and O–H groups in total. The molecule has 0 saturated carbocycles. The molecule has 0 bridgehead atoms. The molecule has 0 heterocycles. The second kappa shape index (κ2) is 7.29. The summed E-state index contributed by atoms with van der Waals surface area (Å²) in [6.07, 6.45) is 0. The van der Waals surface area contributed by atoms with E-state index >= 15 is 0 Å². The molecule has 0 atom stereocenters. The first kappa shape index (κ1) is 15.7. The fourth-order valence-corrected chi connectivity index (χ4v) is 2.47. The first-order valence-electron chi connectivity index (χ1n) is 7.04. The van der Waals surface area contributed by atoms with Gasteiger partial charge in [0.2, 0.25) is 5.91 Å². The van der Waals surface area contributed by atoms with E-state index in [0.717, 1.165) is 19.6 Å². The van der Waals surface area contributed by atoms with E-state index < -0.39 is 0 Å². The summed E-state index contributed by atoms with van der Waals surface area (Å²) in [6, 6.07) is 4.38. The summed E-state index contributed by atoms with van der Waals surface area (Å²) in [5.74, 6) is 0.174. The largest absolute Gasteiger partial charge is 0.342 e. The number of carbonyl (C=O) groups excluding carboxylic acids is 1. The summed E-state index contributed by atoms with van der Waals surface area (Å²) < 4.78 is 0. The zero-order chi connectivity index (χ0) is 14.4. The van der Waals surface area contributed by atoms with Crippen LogP contribution in [0.5, 0.6) is 0 Å². The predicted molar refractivity (Wildman–Crippen MR) is 80.3 cm³/mol. The number of hydrogen-bond acceptors (Lipinski definition) is 2. The van der Waals surface area contributed by atoms with Crippen molar-refractivity contribution in [2.24, 2.45) is 0 Å². The van der Waals surface area contributed by atoms with Gasteiger partial charge >= 0.3 is 0 Å². The van der Waals surface area contributed by atoms with Gasteiger partial charge in [-0.3, -0.25) is 4.79 Å². The van der Waals surface area contributed by atoms with Gasteiger partial charge in [0.15, 0.2) is 0 Å². The van der Waals surface area contributed by atoms with Gasteiger partial charge in [0, 0.05) is 19.6 Å². The Balaban J connectivity index is 2.57. The Morgan fingerprint density at radius 2 is 1.63 bits per heavy atom. The number of amides is 1. The molecule has 106 valence electrons. The monoisotopic (exact) mass is 262 g/mol. The van der Waals surface area contributed by atoms with Crippen LogP contribution in [0, 0.1) is 20.8 Å². The first-order valence-corrected chi connectivity index (χ1v) is 7.04. The van der Waals surface area contributed by atoms with Gasteiger partial charge in [-0.1, -0.05) is 17.7 Å². The van der Waals surface area contributed by atoms with Crippen LogP contribution in [0.3, 0.4) is 0 Å². The molecule has 0 aromatic heterocycles. The Morgan fingerprint density at radius 3 is 2.11 bits per heavy atom. The Morgan fingerprint density at radius 1 is 1.11 bits per heavy atom. The van der Waals surface area contributed by atoms with Gasteiger partial charge in [0.1, 0.15) is 0 Å². The van der Waals surface area contributed by atoms with Crippen LogP contribution in [0.1, 0.15) is 36.1 Å². The molecule has 1 aromatic rings. The standard InChI is InChI=1S/C16H26N2O/c1-6-18(7-2)16(19)11-17-10-15-13(4)8-12(3)9-14(15)5/h8-9,17H,6-7,10-11H2,1-5H3. The van der Waals surface area contributed by atoms with Crippen LogP contribution >= 0.6 is 0 Å². The number of nitrogens with one attached hydrogen (secondary N) is 1. The second-order valence-corrected chi connectivity index (χ2v) is 5.05. The average molecular weight is 262 g/mol. The van der Waals surface area contributed by atoms with E-state index in [0.29, 0.717) is 6.54 Å².